The van der Waals surface area contributed by atoms with Crippen LogP contribution in [0.25, 0.3) is 0 Å². The van der Waals surface area contributed by atoms with Gasteiger partial charge in [0, 0.05) is 6.26 Å². The molecular formula is C8H17NO2S2. The lowest BCUT2D eigenvalue weighted by atomic mass is 10.4. The SMILES string of the molecule is CCCCSCN(SC)C(=O)OC. The summed E-state index contributed by atoms with van der Waals surface area (Å²) < 4.78 is 6.22. The van der Waals surface area contributed by atoms with E-state index in [2.05, 4.69) is 11.7 Å². The van der Waals surface area contributed by atoms with Gasteiger partial charge in [0.1, 0.15) is 0 Å². The number of carbonyl (C=O) groups is 1. The van der Waals surface area contributed by atoms with Crippen LogP contribution < -0.4 is 0 Å². The second kappa shape index (κ2) is 8.56. The Bertz CT molecular complexity index is 144. The molecule has 5 heteroatoms. The van der Waals surface area contributed by atoms with Gasteiger partial charge in [-0.1, -0.05) is 13.3 Å². The zero-order chi connectivity index (χ0) is 10.1. The van der Waals surface area contributed by atoms with Gasteiger partial charge in [0.25, 0.3) is 0 Å². The molecule has 0 aromatic heterocycles. The predicted molar refractivity (Wildman–Crippen MR) is 60.0 cm³/mol. The van der Waals surface area contributed by atoms with E-state index < -0.39 is 0 Å². The summed E-state index contributed by atoms with van der Waals surface area (Å²) in [5.74, 6) is 1.80. The number of carbonyl (C=O) groups excluding carboxylic acids is 1. The van der Waals surface area contributed by atoms with E-state index in [0.29, 0.717) is 5.88 Å². The van der Waals surface area contributed by atoms with E-state index in [4.69, 9.17) is 0 Å². The fourth-order valence-corrected chi connectivity index (χ4v) is 2.44. The van der Waals surface area contributed by atoms with Crippen molar-refractivity contribution in [1.29, 1.82) is 0 Å². The van der Waals surface area contributed by atoms with Gasteiger partial charge in [-0.05, 0) is 24.1 Å². The number of thioether (sulfide) groups is 1. The number of ether oxygens (including phenoxy) is 1. The number of unbranched alkanes of at least 4 members (excludes halogenated alkanes) is 1. The molecule has 0 bridgehead atoms. The second-order valence-corrected chi connectivity index (χ2v) is 4.30. The van der Waals surface area contributed by atoms with Crippen LogP contribution in [-0.4, -0.2) is 35.4 Å². The highest BCUT2D eigenvalue weighted by atomic mass is 32.2. The number of amides is 1. The van der Waals surface area contributed by atoms with Crippen LogP contribution in [0, 0.1) is 0 Å². The number of methoxy groups -OCH3 is 1. The fraction of sp³-hybridized carbons (Fsp3) is 0.875. The third-order valence-corrected chi connectivity index (χ3v) is 3.35. The summed E-state index contributed by atoms with van der Waals surface area (Å²) in [6.45, 7) is 2.16. The number of hydrogen-bond donors (Lipinski definition) is 0. The third kappa shape index (κ3) is 6.10. The van der Waals surface area contributed by atoms with Gasteiger partial charge in [0.2, 0.25) is 0 Å². The van der Waals surface area contributed by atoms with Crippen LogP contribution in [0.3, 0.4) is 0 Å². The Hall–Kier alpha value is -0.0300. The molecule has 0 heterocycles. The van der Waals surface area contributed by atoms with Gasteiger partial charge >= 0.3 is 6.09 Å². The quantitative estimate of drug-likeness (QED) is 0.393. The molecule has 0 N–H and O–H groups in total. The molecule has 0 aliphatic heterocycles. The van der Waals surface area contributed by atoms with E-state index in [1.165, 1.54) is 31.9 Å². The minimum absolute atomic E-state index is 0.267. The Morgan fingerprint density at radius 2 is 2.23 bits per heavy atom. The van der Waals surface area contributed by atoms with Gasteiger partial charge < -0.3 is 4.74 Å². The van der Waals surface area contributed by atoms with Crippen molar-refractivity contribution >= 4 is 29.8 Å². The van der Waals surface area contributed by atoms with Gasteiger partial charge in [0.05, 0.1) is 13.0 Å². The van der Waals surface area contributed by atoms with Crippen molar-refractivity contribution in [3.63, 3.8) is 0 Å². The Kier molecular flexibility index (Phi) is 8.54. The minimum atomic E-state index is -0.267. The molecule has 0 saturated carbocycles. The lowest BCUT2D eigenvalue weighted by molar-refractivity contribution is 0.156. The summed E-state index contributed by atoms with van der Waals surface area (Å²) in [5, 5.41) is 0. The molecule has 3 nitrogen and oxygen atoms in total. The molecule has 0 aliphatic rings. The number of hydrogen-bond acceptors (Lipinski definition) is 4. The van der Waals surface area contributed by atoms with Gasteiger partial charge in [-0.3, -0.25) is 0 Å². The van der Waals surface area contributed by atoms with Gasteiger partial charge in [-0.25, -0.2) is 9.10 Å². The number of rotatable bonds is 6. The zero-order valence-corrected chi connectivity index (χ0v) is 10.0. The number of nitrogens with zero attached hydrogens (tertiary/aromatic N) is 1. The Balaban J connectivity index is 3.53. The van der Waals surface area contributed by atoms with Crippen LogP contribution in [0.5, 0.6) is 0 Å². The van der Waals surface area contributed by atoms with Gasteiger partial charge in [0.15, 0.2) is 0 Å². The first kappa shape index (κ1) is 13.0. The first-order chi connectivity index (χ1) is 6.26. The first-order valence-corrected chi connectivity index (χ1v) is 6.57. The maximum atomic E-state index is 11.1. The molecule has 0 spiro atoms. The van der Waals surface area contributed by atoms with Crippen molar-refractivity contribution in [3.8, 4) is 0 Å². The average molecular weight is 223 g/mol. The van der Waals surface area contributed by atoms with Crippen molar-refractivity contribution in [3.05, 3.63) is 0 Å². The predicted octanol–water partition coefficient (Wildman–Crippen LogP) is 2.82. The molecule has 0 unspecified atom stereocenters. The molecule has 0 atom stereocenters. The lowest BCUT2D eigenvalue weighted by Crippen LogP contribution is -2.23. The zero-order valence-electron chi connectivity index (χ0n) is 8.41. The normalized spacial score (nSPS) is 9.77. The molecule has 0 aliphatic carbocycles. The van der Waals surface area contributed by atoms with Crippen molar-refractivity contribution < 1.29 is 9.53 Å². The molecule has 0 saturated heterocycles. The van der Waals surface area contributed by atoms with Crippen molar-refractivity contribution in [2.24, 2.45) is 0 Å². The summed E-state index contributed by atoms with van der Waals surface area (Å²) in [6, 6.07) is 0. The Morgan fingerprint density at radius 3 is 2.69 bits per heavy atom. The monoisotopic (exact) mass is 223 g/mol. The molecule has 0 radical (unpaired) electrons. The molecular weight excluding hydrogens is 206 g/mol. The molecule has 0 aromatic rings. The van der Waals surface area contributed by atoms with Crippen LogP contribution >= 0.6 is 23.7 Å². The van der Waals surface area contributed by atoms with Crippen molar-refractivity contribution in [1.82, 2.24) is 4.31 Å². The lowest BCUT2D eigenvalue weighted by Gasteiger charge is -2.16. The van der Waals surface area contributed by atoms with Crippen LogP contribution in [0.4, 0.5) is 4.79 Å². The van der Waals surface area contributed by atoms with E-state index in [1.54, 1.807) is 16.1 Å². The fourth-order valence-electron chi connectivity index (χ4n) is 0.676. The van der Waals surface area contributed by atoms with Crippen LogP contribution in [0.2, 0.25) is 0 Å². The first-order valence-electron chi connectivity index (χ1n) is 4.23. The summed E-state index contributed by atoms with van der Waals surface area (Å²) in [6.07, 6.45) is 4.01. The molecule has 0 fully saturated rings. The minimum Gasteiger partial charge on any atom is -0.452 e. The highest BCUT2D eigenvalue weighted by molar-refractivity contribution is 8.01. The molecule has 13 heavy (non-hydrogen) atoms. The topological polar surface area (TPSA) is 29.5 Å². The van der Waals surface area contributed by atoms with Crippen LogP contribution in [0.1, 0.15) is 19.8 Å². The third-order valence-electron chi connectivity index (χ3n) is 1.45. The molecule has 0 aromatic carbocycles. The highest BCUT2D eigenvalue weighted by Crippen LogP contribution is 2.14. The summed E-state index contributed by atoms with van der Waals surface area (Å²) in [7, 11) is 1.41. The van der Waals surface area contributed by atoms with E-state index in [9.17, 15) is 4.79 Å². The van der Waals surface area contributed by atoms with E-state index in [0.717, 1.165) is 5.75 Å². The van der Waals surface area contributed by atoms with Crippen molar-refractivity contribution in [2.75, 3.05) is 25.0 Å². The van der Waals surface area contributed by atoms with Crippen LogP contribution in [-0.2, 0) is 4.74 Å². The average Bonchev–Trinajstić information content (AvgIpc) is 2.17. The molecule has 78 valence electrons. The summed E-state index contributed by atoms with van der Waals surface area (Å²) in [5.41, 5.74) is 0. The van der Waals surface area contributed by atoms with Gasteiger partial charge in [-0.15, -0.1) is 11.8 Å². The second-order valence-electron chi connectivity index (χ2n) is 2.42. The van der Waals surface area contributed by atoms with E-state index >= 15 is 0 Å². The molecule has 1 amide bonds. The largest absolute Gasteiger partial charge is 0.452 e. The van der Waals surface area contributed by atoms with Crippen molar-refractivity contribution in [2.45, 2.75) is 19.8 Å². The highest BCUT2D eigenvalue weighted by Gasteiger charge is 2.11. The molecule has 0 rings (SSSR count). The van der Waals surface area contributed by atoms with E-state index in [1.807, 2.05) is 6.26 Å². The van der Waals surface area contributed by atoms with E-state index in [-0.39, 0.29) is 6.09 Å². The van der Waals surface area contributed by atoms with Crippen LogP contribution in [0.15, 0.2) is 0 Å². The Labute approximate surface area is 88.7 Å². The standard InChI is InChI=1S/C8H17NO2S2/c1-4-5-6-13-7-9(12-3)8(10)11-2/h4-7H2,1-3H3. The Morgan fingerprint density at radius 1 is 1.54 bits per heavy atom. The maximum absolute atomic E-state index is 11.1. The smallest absolute Gasteiger partial charge is 0.420 e. The summed E-state index contributed by atoms with van der Waals surface area (Å²) >= 11 is 3.16. The summed E-state index contributed by atoms with van der Waals surface area (Å²) in [4.78, 5) is 11.1. The maximum Gasteiger partial charge on any atom is 0.420 e. The van der Waals surface area contributed by atoms with Gasteiger partial charge in [-0.2, -0.15) is 0 Å².